The molecule has 0 spiro atoms. The number of hydrogen-bond acceptors (Lipinski definition) is 4. The van der Waals surface area contributed by atoms with Crippen molar-refractivity contribution in [1.82, 2.24) is 4.72 Å². The van der Waals surface area contributed by atoms with Gasteiger partial charge in [-0.15, -0.1) is 0 Å². The highest BCUT2D eigenvalue weighted by molar-refractivity contribution is 7.89. The van der Waals surface area contributed by atoms with Crippen molar-refractivity contribution in [2.45, 2.75) is 43.5 Å². The number of nitro benzene ring substituents is 1. The number of benzene rings is 1. The molecule has 1 aliphatic rings. The molecule has 1 saturated carbocycles. The average Bonchev–Trinajstić information content (AvgIpc) is 2.80. The van der Waals surface area contributed by atoms with Crippen molar-refractivity contribution in [2.75, 3.05) is 0 Å². The van der Waals surface area contributed by atoms with E-state index in [1.54, 1.807) is 6.92 Å². The second-order valence-corrected chi connectivity index (χ2v) is 6.52. The summed E-state index contributed by atoms with van der Waals surface area (Å²) >= 11 is 0. The van der Waals surface area contributed by atoms with Gasteiger partial charge in [-0.1, -0.05) is 18.9 Å². The minimum Gasteiger partial charge on any atom is -0.258 e. The molecule has 0 atom stereocenters. The van der Waals surface area contributed by atoms with E-state index in [2.05, 4.69) is 4.72 Å². The van der Waals surface area contributed by atoms with Crippen LogP contribution in [-0.2, 0) is 10.0 Å². The van der Waals surface area contributed by atoms with Crippen LogP contribution in [0.4, 0.5) is 5.69 Å². The van der Waals surface area contributed by atoms with Crippen molar-refractivity contribution in [3.05, 3.63) is 33.9 Å². The van der Waals surface area contributed by atoms with Gasteiger partial charge in [-0.2, -0.15) is 0 Å². The predicted octanol–water partition coefficient (Wildman–Crippen LogP) is 2.12. The van der Waals surface area contributed by atoms with Gasteiger partial charge in [0.1, 0.15) is 0 Å². The molecule has 19 heavy (non-hydrogen) atoms. The number of nitrogens with one attached hydrogen (secondary N) is 1. The van der Waals surface area contributed by atoms with Crippen LogP contribution in [-0.4, -0.2) is 19.4 Å². The Morgan fingerprint density at radius 2 is 1.95 bits per heavy atom. The van der Waals surface area contributed by atoms with Crippen LogP contribution in [0.5, 0.6) is 0 Å². The SMILES string of the molecule is Cc1ccc(S(=O)(=O)NC2CCCC2)cc1[N+](=O)[O-]. The van der Waals surface area contributed by atoms with Gasteiger partial charge in [0.05, 0.1) is 9.82 Å². The smallest absolute Gasteiger partial charge is 0.258 e. The van der Waals surface area contributed by atoms with Crippen molar-refractivity contribution >= 4 is 15.7 Å². The van der Waals surface area contributed by atoms with Crippen LogP contribution in [0.1, 0.15) is 31.2 Å². The molecule has 0 bridgehead atoms. The van der Waals surface area contributed by atoms with Gasteiger partial charge in [0.2, 0.25) is 10.0 Å². The minimum absolute atomic E-state index is 0.0447. The van der Waals surface area contributed by atoms with Crippen molar-refractivity contribution in [1.29, 1.82) is 0 Å². The van der Waals surface area contributed by atoms with Crippen LogP contribution in [0.3, 0.4) is 0 Å². The standard InChI is InChI=1S/C12H16N2O4S/c1-9-6-7-11(8-12(9)14(15)16)19(17,18)13-10-4-2-3-5-10/h6-8,10,13H,2-5H2,1H3. The fourth-order valence-electron chi connectivity index (χ4n) is 2.28. The molecule has 6 nitrogen and oxygen atoms in total. The van der Waals surface area contributed by atoms with Crippen LogP contribution in [0.25, 0.3) is 0 Å². The molecule has 0 unspecified atom stereocenters. The lowest BCUT2D eigenvalue weighted by molar-refractivity contribution is -0.385. The molecule has 1 aromatic carbocycles. The van der Waals surface area contributed by atoms with E-state index in [1.807, 2.05) is 0 Å². The largest absolute Gasteiger partial charge is 0.273 e. The zero-order chi connectivity index (χ0) is 14.0. The van der Waals surface area contributed by atoms with E-state index in [0.717, 1.165) is 31.7 Å². The normalized spacial score (nSPS) is 16.7. The van der Waals surface area contributed by atoms with E-state index in [-0.39, 0.29) is 16.6 Å². The lowest BCUT2D eigenvalue weighted by Gasteiger charge is -2.12. The molecule has 1 N–H and O–H groups in total. The van der Waals surface area contributed by atoms with Crippen LogP contribution >= 0.6 is 0 Å². The molecule has 0 radical (unpaired) electrons. The van der Waals surface area contributed by atoms with E-state index in [1.165, 1.54) is 12.1 Å². The zero-order valence-corrected chi connectivity index (χ0v) is 11.4. The highest BCUT2D eigenvalue weighted by Crippen LogP contribution is 2.24. The zero-order valence-electron chi connectivity index (χ0n) is 10.6. The van der Waals surface area contributed by atoms with Crippen LogP contribution in [0.15, 0.2) is 23.1 Å². The summed E-state index contributed by atoms with van der Waals surface area (Å²) in [7, 11) is -3.67. The molecule has 0 saturated heterocycles. The van der Waals surface area contributed by atoms with E-state index in [4.69, 9.17) is 0 Å². The van der Waals surface area contributed by atoms with Gasteiger partial charge in [0.15, 0.2) is 0 Å². The Hall–Kier alpha value is -1.47. The van der Waals surface area contributed by atoms with Gasteiger partial charge in [-0.3, -0.25) is 10.1 Å². The summed E-state index contributed by atoms with van der Waals surface area (Å²) in [6.45, 7) is 1.58. The Morgan fingerprint density at radius 3 is 2.53 bits per heavy atom. The molecular weight excluding hydrogens is 268 g/mol. The molecular formula is C12H16N2O4S. The van der Waals surface area contributed by atoms with Gasteiger partial charge >= 0.3 is 0 Å². The highest BCUT2D eigenvalue weighted by atomic mass is 32.2. The summed E-state index contributed by atoms with van der Waals surface area (Å²) in [5, 5.41) is 10.8. The van der Waals surface area contributed by atoms with Gasteiger partial charge in [0, 0.05) is 17.7 Å². The lowest BCUT2D eigenvalue weighted by Crippen LogP contribution is -2.32. The van der Waals surface area contributed by atoms with Gasteiger partial charge in [-0.25, -0.2) is 13.1 Å². The quantitative estimate of drug-likeness (QED) is 0.677. The summed E-state index contributed by atoms with van der Waals surface area (Å²) in [6, 6.07) is 3.93. The Kier molecular flexibility index (Phi) is 3.86. The number of rotatable bonds is 4. The minimum atomic E-state index is -3.67. The second kappa shape index (κ2) is 5.26. The summed E-state index contributed by atoms with van der Waals surface area (Å²) in [5.74, 6) is 0. The predicted molar refractivity (Wildman–Crippen MR) is 70.4 cm³/mol. The van der Waals surface area contributed by atoms with E-state index >= 15 is 0 Å². The molecule has 0 heterocycles. The molecule has 2 rings (SSSR count). The molecule has 7 heteroatoms. The first-order chi connectivity index (χ1) is 8.90. The van der Waals surface area contributed by atoms with Crippen LogP contribution < -0.4 is 4.72 Å². The van der Waals surface area contributed by atoms with Crippen molar-refractivity contribution in [2.24, 2.45) is 0 Å². The third kappa shape index (κ3) is 3.10. The molecule has 0 aliphatic heterocycles. The number of nitro groups is 1. The van der Waals surface area contributed by atoms with Crippen LogP contribution in [0.2, 0.25) is 0 Å². The molecule has 1 aliphatic carbocycles. The number of nitrogens with zero attached hydrogens (tertiary/aromatic N) is 1. The number of hydrogen-bond donors (Lipinski definition) is 1. The van der Waals surface area contributed by atoms with E-state index in [0.29, 0.717) is 5.56 Å². The molecule has 104 valence electrons. The van der Waals surface area contributed by atoms with E-state index in [9.17, 15) is 18.5 Å². The maximum atomic E-state index is 12.1. The Morgan fingerprint density at radius 1 is 1.32 bits per heavy atom. The second-order valence-electron chi connectivity index (χ2n) is 4.81. The van der Waals surface area contributed by atoms with Crippen molar-refractivity contribution in [3.63, 3.8) is 0 Å². The van der Waals surface area contributed by atoms with Gasteiger partial charge in [0.25, 0.3) is 5.69 Å². The molecule has 0 amide bonds. The monoisotopic (exact) mass is 284 g/mol. The summed E-state index contributed by atoms with van der Waals surface area (Å²) in [4.78, 5) is 10.2. The summed E-state index contributed by atoms with van der Waals surface area (Å²) in [5.41, 5.74) is 0.277. The van der Waals surface area contributed by atoms with Gasteiger partial charge < -0.3 is 0 Å². The fraction of sp³-hybridized carbons (Fsp3) is 0.500. The molecule has 1 fully saturated rings. The Balaban J connectivity index is 2.29. The molecule has 0 aromatic heterocycles. The van der Waals surface area contributed by atoms with Gasteiger partial charge in [-0.05, 0) is 25.8 Å². The Labute approximate surface area is 112 Å². The number of aryl methyl sites for hydroxylation is 1. The third-order valence-corrected chi connectivity index (χ3v) is 4.88. The van der Waals surface area contributed by atoms with Crippen molar-refractivity contribution < 1.29 is 13.3 Å². The van der Waals surface area contributed by atoms with Crippen LogP contribution in [0, 0.1) is 17.0 Å². The first kappa shape index (κ1) is 14.0. The maximum Gasteiger partial charge on any atom is 0.273 e. The summed E-state index contributed by atoms with van der Waals surface area (Å²) in [6.07, 6.45) is 3.68. The highest BCUT2D eigenvalue weighted by Gasteiger charge is 2.24. The lowest BCUT2D eigenvalue weighted by atomic mass is 10.2. The topological polar surface area (TPSA) is 89.3 Å². The summed E-state index contributed by atoms with van der Waals surface area (Å²) < 4.78 is 26.9. The first-order valence-electron chi connectivity index (χ1n) is 6.17. The third-order valence-electron chi connectivity index (χ3n) is 3.36. The van der Waals surface area contributed by atoms with Crippen molar-refractivity contribution in [3.8, 4) is 0 Å². The molecule has 1 aromatic rings. The van der Waals surface area contributed by atoms with E-state index < -0.39 is 14.9 Å². The Bertz CT molecular complexity index is 592. The fourth-order valence-corrected chi connectivity index (χ4v) is 3.61. The maximum absolute atomic E-state index is 12.1. The first-order valence-corrected chi connectivity index (χ1v) is 7.66. The number of sulfonamides is 1. The average molecular weight is 284 g/mol.